The van der Waals surface area contributed by atoms with Crippen LogP contribution < -0.4 is 0 Å². The van der Waals surface area contributed by atoms with Crippen LogP contribution in [0.25, 0.3) is 0 Å². The molecule has 0 spiro atoms. The molecule has 0 saturated carbocycles. The summed E-state index contributed by atoms with van der Waals surface area (Å²) in [5, 5.41) is 8.39. The summed E-state index contributed by atoms with van der Waals surface area (Å²) in [7, 11) is 0. The van der Waals surface area contributed by atoms with Gasteiger partial charge in [0, 0.05) is 13.0 Å². The van der Waals surface area contributed by atoms with E-state index < -0.39 is 5.97 Å². The van der Waals surface area contributed by atoms with Gasteiger partial charge in [-0.1, -0.05) is 0 Å². The SMILES string of the molecule is O=C(O)CCC1CCCCO1. The van der Waals surface area contributed by atoms with Crippen LogP contribution in [0.5, 0.6) is 0 Å². The predicted octanol–water partition coefficient (Wildman–Crippen LogP) is 1.42. The molecule has 64 valence electrons. The fourth-order valence-corrected chi connectivity index (χ4v) is 1.32. The number of ether oxygens (including phenoxy) is 1. The van der Waals surface area contributed by atoms with Crippen molar-refractivity contribution in [2.75, 3.05) is 6.61 Å². The molecule has 1 fully saturated rings. The lowest BCUT2D eigenvalue weighted by Crippen LogP contribution is -2.19. The van der Waals surface area contributed by atoms with Gasteiger partial charge >= 0.3 is 5.97 Å². The maximum atomic E-state index is 10.2. The molecule has 3 heteroatoms. The molecule has 11 heavy (non-hydrogen) atoms. The van der Waals surface area contributed by atoms with Gasteiger partial charge in [-0.2, -0.15) is 0 Å². The van der Waals surface area contributed by atoms with Gasteiger partial charge in [-0.25, -0.2) is 0 Å². The summed E-state index contributed by atoms with van der Waals surface area (Å²) in [6, 6.07) is 0. The van der Waals surface area contributed by atoms with E-state index in [2.05, 4.69) is 0 Å². The van der Waals surface area contributed by atoms with Gasteiger partial charge in [0.1, 0.15) is 0 Å². The fourth-order valence-electron chi connectivity index (χ4n) is 1.32. The molecule has 1 aliphatic heterocycles. The maximum Gasteiger partial charge on any atom is 0.303 e. The van der Waals surface area contributed by atoms with E-state index in [0.29, 0.717) is 6.42 Å². The standard InChI is InChI=1S/C8H14O3/c9-8(10)5-4-7-3-1-2-6-11-7/h7H,1-6H2,(H,9,10). The lowest BCUT2D eigenvalue weighted by atomic mass is 10.1. The fraction of sp³-hybridized carbons (Fsp3) is 0.875. The maximum absolute atomic E-state index is 10.2. The smallest absolute Gasteiger partial charge is 0.303 e. The Hall–Kier alpha value is -0.570. The lowest BCUT2D eigenvalue weighted by Gasteiger charge is -2.21. The lowest BCUT2D eigenvalue weighted by molar-refractivity contribution is -0.138. The molecular weight excluding hydrogens is 144 g/mol. The minimum atomic E-state index is -0.723. The van der Waals surface area contributed by atoms with E-state index in [1.54, 1.807) is 0 Å². The number of carbonyl (C=O) groups is 1. The van der Waals surface area contributed by atoms with E-state index >= 15 is 0 Å². The van der Waals surface area contributed by atoms with E-state index in [-0.39, 0.29) is 12.5 Å². The molecule has 1 unspecified atom stereocenters. The van der Waals surface area contributed by atoms with Crippen molar-refractivity contribution in [2.45, 2.75) is 38.2 Å². The first-order valence-corrected chi connectivity index (χ1v) is 4.12. The van der Waals surface area contributed by atoms with Crippen molar-refractivity contribution < 1.29 is 14.6 Å². The van der Waals surface area contributed by atoms with Crippen LogP contribution in [0.1, 0.15) is 32.1 Å². The molecule has 0 aromatic heterocycles. The Labute approximate surface area is 66.4 Å². The van der Waals surface area contributed by atoms with Crippen LogP contribution in [-0.2, 0) is 9.53 Å². The summed E-state index contributed by atoms with van der Waals surface area (Å²) < 4.78 is 5.36. The highest BCUT2D eigenvalue weighted by Gasteiger charge is 2.14. The number of aliphatic carboxylic acids is 1. The van der Waals surface area contributed by atoms with Crippen molar-refractivity contribution in [3.05, 3.63) is 0 Å². The third kappa shape index (κ3) is 3.37. The molecule has 1 rings (SSSR count). The van der Waals surface area contributed by atoms with Crippen molar-refractivity contribution in [2.24, 2.45) is 0 Å². The molecule has 1 N–H and O–H groups in total. The van der Waals surface area contributed by atoms with E-state index in [1.165, 1.54) is 6.42 Å². The summed E-state index contributed by atoms with van der Waals surface area (Å²) in [6.45, 7) is 0.810. The number of rotatable bonds is 3. The van der Waals surface area contributed by atoms with Gasteiger partial charge in [-0.15, -0.1) is 0 Å². The van der Waals surface area contributed by atoms with Gasteiger partial charge < -0.3 is 9.84 Å². The van der Waals surface area contributed by atoms with Crippen LogP contribution in [0.4, 0.5) is 0 Å². The number of carboxylic acid groups (broad SMARTS) is 1. The molecule has 3 nitrogen and oxygen atoms in total. The van der Waals surface area contributed by atoms with E-state index in [0.717, 1.165) is 19.4 Å². The molecule has 0 radical (unpaired) electrons. The Balaban J connectivity index is 2.09. The largest absolute Gasteiger partial charge is 0.481 e. The van der Waals surface area contributed by atoms with Crippen LogP contribution >= 0.6 is 0 Å². The van der Waals surface area contributed by atoms with E-state index in [4.69, 9.17) is 9.84 Å². The van der Waals surface area contributed by atoms with Gasteiger partial charge in [0.05, 0.1) is 6.10 Å². The number of hydrogen-bond acceptors (Lipinski definition) is 2. The summed E-state index contributed by atoms with van der Waals surface area (Å²) in [5.74, 6) is -0.723. The van der Waals surface area contributed by atoms with Gasteiger partial charge in [-0.05, 0) is 25.7 Å². The highest BCUT2D eigenvalue weighted by atomic mass is 16.5. The van der Waals surface area contributed by atoms with Crippen molar-refractivity contribution in [1.29, 1.82) is 0 Å². The molecule has 1 aliphatic rings. The van der Waals surface area contributed by atoms with Crippen LogP contribution in [0, 0.1) is 0 Å². The molecule has 1 saturated heterocycles. The molecule has 0 aromatic carbocycles. The van der Waals surface area contributed by atoms with Gasteiger partial charge in [0.2, 0.25) is 0 Å². The van der Waals surface area contributed by atoms with Crippen LogP contribution in [0.2, 0.25) is 0 Å². The first-order chi connectivity index (χ1) is 5.29. The zero-order valence-electron chi connectivity index (χ0n) is 6.58. The minimum absolute atomic E-state index is 0.208. The van der Waals surface area contributed by atoms with Crippen LogP contribution in [0.3, 0.4) is 0 Å². The Morgan fingerprint density at radius 2 is 2.36 bits per heavy atom. The molecule has 0 bridgehead atoms. The second-order valence-corrected chi connectivity index (χ2v) is 2.92. The Morgan fingerprint density at radius 3 is 2.91 bits per heavy atom. The summed E-state index contributed by atoms with van der Waals surface area (Å²) >= 11 is 0. The number of carboxylic acids is 1. The molecule has 0 amide bonds. The van der Waals surface area contributed by atoms with E-state index in [1.807, 2.05) is 0 Å². The highest BCUT2D eigenvalue weighted by Crippen LogP contribution is 2.16. The number of hydrogen-bond donors (Lipinski definition) is 1. The zero-order valence-corrected chi connectivity index (χ0v) is 6.58. The first-order valence-electron chi connectivity index (χ1n) is 4.12. The third-order valence-corrected chi connectivity index (χ3v) is 1.95. The summed E-state index contributed by atoms with van der Waals surface area (Å²) in [4.78, 5) is 10.2. The van der Waals surface area contributed by atoms with Crippen molar-refractivity contribution >= 4 is 5.97 Å². The zero-order chi connectivity index (χ0) is 8.10. The average Bonchev–Trinajstić information content (AvgIpc) is 2.03. The second-order valence-electron chi connectivity index (χ2n) is 2.92. The highest BCUT2D eigenvalue weighted by molar-refractivity contribution is 5.66. The van der Waals surface area contributed by atoms with E-state index in [9.17, 15) is 4.79 Å². The predicted molar refractivity (Wildman–Crippen MR) is 40.5 cm³/mol. The van der Waals surface area contributed by atoms with Crippen LogP contribution in [-0.4, -0.2) is 23.8 Å². The monoisotopic (exact) mass is 158 g/mol. The van der Waals surface area contributed by atoms with Gasteiger partial charge in [-0.3, -0.25) is 4.79 Å². The average molecular weight is 158 g/mol. The summed E-state index contributed by atoms with van der Waals surface area (Å²) in [5.41, 5.74) is 0. The first kappa shape index (κ1) is 8.53. The van der Waals surface area contributed by atoms with Crippen molar-refractivity contribution in [1.82, 2.24) is 0 Å². The topological polar surface area (TPSA) is 46.5 Å². The Kier molecular flexibility index (Phi) is 3.36. The molecule has 0 aliphatic carbocycles. The normalized spacial score (nSPS) is 24.9. The van der Waals surface area contributed by atoms with Crippen molar-refractivity contribution in [3.63, 3.8) is 0 Å². The molecule has 0 aromatic rings. The van der Waals surface area contributed by atoms with Crippen molar-refractivity contribution in [3.8, 4) is 0 Å². The van der Waals surface area contributed by atoms with Crippen LogP contribution in [0.15, 0.2) is 0 Å². The minimum Gasteiger partial charge on any atom is -0.481 e. The van der Waals surface area contributed by atoms with Gasteiger partial charge in [0.15, 0.2) is 0 Å². The molecular formula is C8H14O3. The molecule has 1 atom stereocenters. The second kappa shape index (κ2) is 4.34. The Bertz CT molecular complexity index is 127. The molecule has 1 heterocycles. The quantitative estimate of drug-likeness (QED) is 0.675. The third-order valence-electron chi connectivity index (χ3n) is 1.95. The summed E-state index contributed by atoms with van der Waals surface area (Å²) in [6.07, 6.45) is 4.47. The Morgan fingerprint density at radius 1 is 1.55 bits per heavy atom. The van der Waals surface area contributed by atoms with Gasteiger partial charge in [0.25, 0.3) is 0 Å².